The number of nitrogens with zero attached hydrogens (tertiary/aromatic N) is 4. The second-order valence-corrected chi connectivity index (χ2v) is 6.63. The highest BCUT2D eigenvalue weighted by Crippen LogP contribution is 2.19. The second kappa shape index (κ2) is 9.61. The number of carboxylic acid groups (broad SMARTS) is 1. The standard InChI is InChI=1S/C19H17ClN6O4/c20-15-5-6-16(26-11-23-24-25-26)14(9-15)7-8-21-17(27)10-22-18(28)12-1-3-13(4-2-12)19(29)30/h1-6,9,11H,7-8,10H2,(H,21,27)(H,22,28)(H,29,30). The average molecular weight is 429 g/mol. The van der Waals surface area contributed by atoms with Crippen molar-refractivity contribution in [3.05, 3.63) is 70.5 Å². The van der Waals surface area contributed by atoms with Crippen molar-refractivity contribution in [2.45, 2.75) is 6.42 Å². The van der Waals surface area contributed by atoms with Crippen molar-refractivity contribution in [3.63, 3.8) is 0 Å². The zero-order valence-corrected chi connectivity index (χ0v) is 16.3. The minimum Gasteiger partial charge on any atom is -0.478 e. The average Bonchev–Trinajstić information content (AvgIpc) is 3.27. The van der Waals surface area contributed by atoms with Crippen molar-refractivity contribution in [2.75, 3.05) is 13.1 Å². The molecule has 11 heteroatoms. The minimum absolute atomic E-state index is 0.0753. The van der Waals surface area contributed by atoms with Gasteiger partial charge in [-0.3, -0.25) is 9.59 Å². The molecule has 0 fully saturated rings. The summed E-state index contributed by atoms with van der Waals surface area (Å²) in [7, 11) is 0. The molecule has 0 aliphatic heterocycles. The largest absolute Gasteiger partial charge is 0.478 e. The molecule has 0 radical (unpaired) electrons. The van der Waals surface area contributed by atoms with Crippen molar-refractivity contribution in [3.8, 4) is 5.69 Å². The van der Waals surface area contributed by atoms with Crippen LogP contribution in [0.4, 0.5) is 0 Å². The third kappa shape index (κ3) is 5.39. The van der Waals surface area contributed by atoms with Crippen LogP contribution in [-0.2, 0) is 11.2 Å². The summed E-state index contributed by atoms with van der Waals surface area (Å²) in [6.07, 6.45) is 1.94. The molecule has 0 spiro atoms. The van der Waals surface area contributed by atoms with E-state index in [1.807, 2.05) is 0 Å². The van der Waals surface area contributed by atoms with Crippen LogP contribution in [0.2, 0.25) is 5.02 Å². The molecule has 1 heterocycles. The monoisotopic (exact) mass is 428 g/mol. The van der Waals surface area contributed by atoms with Crippen LogP contribution in [0.1, 0.15) is 26.3 Å². The van der Waals surface area contributed by atoms with Crippen LogP contribution in [0.3, 0.4) is 0 Å². The predicted molar refractivity (Wildman–Crippen MR) is 107 cm³/mol. The topological polar surface area (TPSA) is 139 Å². The Morgan fingerprint density at radius 2 is 1.77 bits per heavy atom. The maximum Gasteiger partial charge on any atom is 0.335 e. The normalized spacial score (nSPS) is 10.4. The van der Waals surface area contributed by atoms with Crippen LogP contribution >= 0.6 is 11.6 Å². The summed E-state index contributed by atoms with van der Waals surface area (Å²) in [6, 6.07) is 10.7. The SMILES string of the molecule is O=C(CNC(=O)c1ccc(C(=O)O)cc1)NCCc1cc(Cl)ccc1-n1cnnn1. The van der Waals surface area contributed by atoms with Crippen LogP contribution in [0.5, 0.6) is 0 Å². The van der Waals surface area contributed by atoms with E-state index in [1.54, 1.807) is 18.2 Å². The molecule has 2 amide bonds. The van der Waals surface area contributed by atoms with E-state index in [0.29, 0.717) is 18.0 Å². The molecule has 0 bridgehead atoms. The van der Waals surface area contributed by atoms with E-state index in [2.05, 4.69) is 26.2 Å². The van der Waals surface area contributed by atoms with Crippen LogP contribution in [0, 0.1) is 0 Å². The number of benzene rings is 2. The molecule has 0 saturated heterocycles. The molecule has 0 saturated carbocycles. The Labute approximate surface area is 175 Å². The summed E-state index contributed by atoms with van der Waals surface area (Å²) in [4.78, 5) is 34.9. The van der Waals surface area contributed by atoms with Gasteiger partial charge in [0.05, 0.1) is 17.8 Å². The van der Waals surface area contributed by atoms with E-state index in [9.17, 15) is 14.4 Å². The van der Waals surface area contributed by atoms with E-state index in [1.165, 1.54) is 35.3 Å². The molecular formula is C19H17ClN6O4. The first-order valence-corrected chi connectivity index (χ1v) is 9.22. The van der Waals surface area contributed by atoms with Gasteiger partial charge in [-0.1, -0.05) is 11.6 Å². The lowest BCUT2D eigenvalue weighted by Gasteiger charge is -2.11. The number of aromatic nitrogens is 4. The van der Waals surface area contributed by atoms with Gasteiger partial charge in [-0.2, -0.15) is 0 Å². The lowest BCUT2D eigenvalue weighted by Crippen LogP contribution is -2.37. The Balaban J connectivity index is 1.49. The highest BCUT2D eigenvalue weighted by molar-refractivity contribution is 6.30. The summed E-state index contributed by atoms with van der Waals surface area (Å²) in [5.74, 6) is -1.92. The number of nitrogens with one attached hydrogen (secondary N) is 2. The Kier molecular flexibility index (Phi) is 6.71. The number of amides is 2. The minimum atomic E-state index is -1.08. The first-order chi connectivity index (χ1) is 14.4. The molecule has 3 rings (SSSR count). The molecule has 2 aromatic carbocycles. The molecule has 10 nitrogen and oxygen atoms in total. The fourth-order valence-electron chi connectivity index (χ4n) is 2.68. The molecule has 154 valence electrons. The summed E-state index contributed by atoms with van der Waals surface area (Å²) in [6.45, 7) is 0.104. The van der Waals surface area contributed by atoms with Crippen molar-refractivity contribution >= 4 is 29.4 Å². The number of hydrogen-bond acceptors (Lipinski definition) is 6. The lowest BCUT2D eigenvalue weighted by molar-refractivity contribution is -0.120. The van der Waals surface area contributed by atoms with Crippen molar-refractivity contribution < 1.29 is 19.5 Å². The highest BCUT2D eigenvalue weighted by atomic mass is 35.5. The fourth-order valence-corrected chi connectivity index (χ4v) is 2.87. The predicted octanol–water partition coefficient (Wildman–Crippen LogP) is 1.10. The number of aromatic carboxylic acids is 1. The maximum absolute atomic E-state index is 12.1. The molecule has 0 aliphatic carbocycles. The molecule has 3 N–H and O–H groups in total. The first-order valence-electron chi connectivity index (χ1n) is 8.84. The number of carbonyl (C=O) groups is 3. The molecule has 0 unspecified atom stereocenters. The Morgan fingerprint density at radius 1 is 1.03 bits per heavy atom. The quantitative estimate of drug-likeness (QED) is 0.488. The molecule has 0 aliphatic rings. The maximum atomic E-state index is 12.1. The van der Waals surface area contributed by atoms with Gasteiger partial charge in [0.15, 0.2) is 0 Å². The summed E-state index contributed by atoms with van der Waals surface area (Å²) in [5.41, 5.74) is 1.93. The summed E-state index contributed by atoms with van der Waals surface area (Å²) in [5, 5.41) is 25.7. The van der Waals surface area contributed by atoms with Gasteiger partial charge in [0, 0.05) is 17.1 Å². The summed E-state index contributed by atoms with van der Waals surface area (Å²) >= 11 is 6.06. The van der Waals surface area contributed by atoms with Gasteiger partial charge >= 0.3 is 5.97 Å². The molecular weight excluding hydrogens is 412 g/mol. The number of halogens is 1. The number of carboxylic acids is 1. The number of rotatable bonds is 8. The number of tetrazole rings is 1. The van der Waals surface area contributed by atoms with Crippen LogP contribution in [0.15, 0.2) is 48.8 Å². The Morgan fingerprint density at radius 3 is 2.43 bits per heavy atom. The third-order valence-corrected chi connectivity index (χ3v) is 4.39. The zero-order chi connectivity index (χ0) is 21.5. The van der Waals surface area contributed by atoms with Gasteiger partial charge < -0.3 is 15.7 Å². The fraction of sp³-hybridized carbons (Fsp3) is 0.158. The van der Waals surface area contributed by atoms with Gasteiger partial charge in [0.2, 0.25) is 5.91 Å². The van der Waals surface area contributed by atoms with E-state index >= 15 is 0 Å². The van der Waals surface area contributed by atoms with Crippen LogP contribution < -0.4 is 10.6 Å². The Hall–Kier alpha value is -3.79. The number of carbonyl (C=O) groups excluding carboxylic acids is 2. The lowest BCUT2D eigenvalue weighted by atomic mass is 10.1. The molecule has 3 aromatic rings. The third-order valence-electron chi connectivity index (χ3n) is 4.16. The highest BCUT2D eigenvalue weighted by Gasteiger charge is 2.11. The van der Waals surface area contributed by atoms with Crippen LogP contribution in [-0.4, -0.2) is 56.2 Å². The van der Waals surface area contributed by atoms with E-state index in [-0.39, 0.29) is 23.6 Å². The van der Waals surface area contributed by atoms with Gasteiger partial charge in [-0.05, 0) is 64.9 Å². The van der Waals surface area contributed by atoms with Crippen LogP contribution in [0.25, 0.3) is 5.69 Å². The van der Waals surface area contributed by atoms with Gasteiger partial charge in [-0.15, -0.1) is 5.10 Å². The number of hydrogen-bond donors (Lipinski definition) is 3. The molecule has 30 heavy (non-hydrogen) atoms. The molecule has 1 aromatic heterocycles. The first kappa shape index (κ1) is 20.9. The Bertz CT molecular complexity index is 1050. The zero-order valence-electron chi connectivity index (χ0n) is 15.6. The van der Waals surface area contributed by atoms with E-state index in [4.69, 9.17) is 16.7 Å². The smallest absolute Gasteiger partial charge is 0.335 e. The van der Waals surface area contributed by atoms with E-state index in [0.717, 1.165) is 11.3 Å². The van der Waals surface area contributed by atoms with Gasteiger partial charge in [-0.25, -0.2) is 9.48 Å². The molecule has 0 atom stereocenters. The van der Waals surface area contributed by atoms with Gasteiger partial charge in [0.25, 0.3) is 5.91 Å². The van der Waals surface area contributed by atoms with Crippen molar-refractivity contribution in [1.29, 1.82) is 0 Å². The second-order valence-electron chi connectivity index (χ2n) is 6.19. The van der Waals surface area contributed by atoms with Crippen molar-refractivity contribution in [2.24, 2.45) is 0 Å². The summed E-state index contributed by atoms with van der Waals surface area (Å²) < 4.78 is 1.50. The van der Waals surface area contributed by atoms with Gasteiger partial charge in [0.1, 0.15) is 6.33 Å². The van der Waals surface area contributed by atoms with E-state index < -0.39 is 11.9 Å². The van der Waals surface area contributed by atoms with Crippen molar-refractivity contribution in [1.82, 2.24) is 30.8 Å².